The van der Waals surface area contributed by atoms with Crippen LogP contribution in [0.1, 0.15) is 35.6 Å². The van der Waals surface area contributed by atoms with Crippen LogP contribution in [-0.4, -0.2) is 51.7 Å². The highest BCUT2D eigenvalue weighted by Crippen LogP contribution is 2.29. The van der Waals surface area contributed by atoms with Crippen molar-refractivity contribution in [2.75, 3.05) is 6.54 Å². The smallest absolute Gasteiger partial charge is 0.274 e. The summed E-state index contributed by atoms with van der Waals surface area (Å²) < 4.78 is 5.63. The Morgan fingerprint density at radius 3 is 2.81 bits per heavy atom. The van der Waals surface area contributed by atoms with Gasteiger partial charge in [0, 0.05) is 50.6 Å². The van der Waals surface area contributed by atoms with Crippen LogP contribution in [0.15, 0.2) is 18.6 Å². The highest BCUT2D eigenvalue weighted by Gasteiger charge is 2.30. The lowest BCUT2D eigenvalue weighted by Crippen LogP contribution is -2.36. The molecule has 0 radical (unpaired) electrons. The number of hydrogen-bond acceptors (Lipinski definition) is 5. The third-order valence-corrected chi connectivity index (χ3v) is 4.88. The van der Waals surface area contributed by atoms with Crippen molar-refractivity contribution in [3.63, 3.8) is 0 Å². The molecule has 136 valence electrons. The number of aryl methyl sites for hydroxylation is 3. The fourth-order valence-electron chi connectivity index (χ4n) is 3.43. The largest absolute Gasteiger partial charge is 0.332 e. The summed E-state index contributed by atoms with van der Waals surface area (Å²) in [6.07, 6.45) is 4.31. The minimum Gasteiger partial charge on any atom is -0.332 e. The van der Waals surface area contributed by atoms with Crippen LogP contribution in [0.3, 0.4) is 0 Å². The molecule has 9 heteroatoms. The van der Waals surface area contributed by atoms with Gasteiger partial charge in [0.1, 0.15) is 17.7 Å². The summed E-state index contributed by atoms with van der Waals surface area (Å²) in [5.74, 6) is 0.698. The SMILES string of the molecule is CCn1ccc(C(=O)N2CCc3c(c(-c4nncn4CC)nn3C)C2)n1. The van der Waals surface area contributed by atoms with E-state index in [1.54, 1.807) is 17.1 Å². The van der Waals surface area contributed by atoms with E-state index in [1.807, 2.05) is 41.2 Å². The average molecular weight is 354 g/mol. The Bertz CT molecular complexity index is 950. The molecule has 0 atom stereocenters. The van der Waals surface area contributed by atoms with Crippen LogP contribution in [0.2, 0.25) is 0 Å². The molecule has 0 unspecified atom stereocenters. The quantitative estimate of drug-likeness (QED) is 0.701. The topological polar surface area (TPSA) is 86.7 Å². The Morgan fingerprint density at radius 1 is 1.23 bits per heavy atom. The van der Waals surface area contributed by atoms with Crippen molar-refractivity contribution in [3.8, 4) is 11.5 Å². The predicted molar refractivity (Wildman–Crippen MR) is 94.2 cm³/mol. The molecule has 0 spiro atoms. The Kier molecular flexibility index (Phi) is 4.06. The van der Waals surface area contributed by atoms with Gasteiger partial charge in [-0.15, -0.1) is 10.2 Å². The fraction of sp³-hybridized carbons (Fsp3) is 0.471. The fourth-order valence-corrected chi connectivity index (χ4v) is 3.43. The summed E-state index contributed by atoms with van der Waals surface area (Å²) in [6.45, 7) is 6.72. The van der Waals surface area contributed by atoms with Crippen molar-refractivity contribution in [1.82, 2.24) is 39.2 Å². The van der Waals surface area contributed by atoms with Crippen molar-refractivity contribution in [1.29, 1.82) is 0 Å². The Balaban J connectivity index is 1.67. The molecule has 1 amide bonds. The molecule has 3 aromatic rings. The van der Waals surface area contributed by atoms with Gasteiger partial charge in [-0.25, -0.2) is 0 Å². The van der Waals surface area contributed by atoms with Crippen molar-refractivity contribution in [2.45, 2.75) is 39.9 Å². The second-order valence-corrected chi connectivity index (χ2v) is 6.37. The van der Waals surface area contributed by atoms with Crippen LogP contribution >= 0.6 is 0 Å². The number of aromatic nitrogens is 7. The van der Waals surface area contributed by atoms with Gasteiger partial charge in [0.15, 0.2) is 5.82 Å². The maximum atomic E-state index is 12.9. The van der Waals surface area contributed by atoms with E-state index in [1.165, 1.54) is 0 Å². The molecule has 0 N–H and O–H groups in total. The molecular formula is C17H22N8O. The third kappa shape index (κ3) is 2.59. The van der Waals surface area contributed by atoms with Crippen molar-refractivity contribution in [3.05, 3.63) is 35.5 Å². The first-order valence-electron chi connectivity index (χ1n) is 8.88. The van der Waals surface area contributed by atoms with E-state index in [9.17, 15) is 4.79 Å². The van der Waals surface area contributed by atoms with E-state index < -0.39 is 0 Å². The molecule has 0 aliphatic carbocycles. The van der Waals surface area contributed by atoms with E-state index in [0.29, 0.717) is 18.8 Å². The van der Waals surface area contributed by atoms with Crippen LogP contribution in [0.5, 0.6) is 0 Å². The summed E-state index contributed by atoms with van der Waals surface area (Å²) in [6, 6.07) is 1.78. The molecule has 0 bridgehead atoms. The van der Waals surface area contributed by atoms with Crippen LogP contribution in [0, 0.1) is 0 Å². The van der Waals surface area contributed by atoms with Gasteiger partial charge in [-0.05, 0) is 19.9 Å². The molecule has 4 rings (SSSR count). The first-order chi connectivity index (χ1) is 12.6. The van der Waals surface area contributed by atoms with Crippen LogP contribution in [-0.2, 0) is 33.1 Å². The number of hydrogen-bond donors (Lipinski definition) is 0. The number of nitrogens with zero attached hydrogens (tertiary/aromatic N) is 8. The van der Waals surface area contributed by atoms with Gasteiger partial charge in [0.05, 0.1) is 6.54 Å². The van der Waals surface area contributed by atoms with Gasteiger partial charge >= 0.3 is 0 Å². The molecule has 0 aromatic carbocycles. The minimum atomic E-state index is -0.0467. The summed E-state index contributed by atoms with van der Waals surface area (Å²) in [5.41, 5.74) is 3.48. The van der Waals surface area contributed by atoms with E-state index in [0.717, 1.165) is 42.3 Å². The van der Waals surface area contributed by atoms with E-state index in [4.69, 9.17) is 0 Å². The lowest BCUT2D eigenvalue weighted by Gasteiger charge is -2.27. The first-order valence-corrected chi connectivity index (χ1v) is 8.88. The normalized spacial score (nSPS) is 13.9. The molecule has 3 aromatic heterocycles. The number of carbonyl (C=O) groups is 1. The first kappa shape index (κ1) is 16.5. The maximum absolute atomic E-state index is 12.9. The standard InChI is InChI=1S/C17H22N8O/c1-4-23-11-18-19-16(23)15-12-10-24(8-7-14(12)22(3)21-15)17(26)13-6-9-25(5-2)20-13/h6,9,11H,4-5,7-8,10H2,1-3H3. The lowest BCUT2D eigenvalue weighted by molar-refractivity contribution is 0.0726. The second-order valence-electron chi connectivity index (χ2n) is 6.37. The van der Waals surface area contributed by atoms with Crippen molar-refractivity contribution < 1.29 is 4.79 Å². The number of carbonyl (C=O) groups excluding carboxylic acids is 1. The maximum Gasteiger partial charge on any atom is 0.274 e. The Morgan fingerprint density at radius 2 is 2.08 bits per heavy atom. The van der Waals surface area contributed by atoms with E-state index >= 15 is 0 Å². The molecule has 1 aliphatic rings. The molecule has 0 saturated carbocycles. The molecule has 0 fully saturated rings. The molecule has 26 heavy (non-hydrogen) atoms. The molecule has 0 saturated heterocycles. The minimum absolute atomic E-state index is 0.0467. The van der Waals surface area contributed by atoms with Crippen molar-refractivity contribution >= 4 is 5.91 Å². The molecule has 1 aliphatic heterocycles. The zero-order chi connectivity index (χ0) is 18.3. The van der Waals surface area contributed by atoms with Gasteiger partial charge < -0.3 is 9.47 Å². The van der Waals surface area contributed by atoms with E-state index in [2.05, 4.69) is 20.4 Å². The van der Waals surface area contributed by atoms with E-state index in [-0.39, 0.29) is 5.91 Å². The van der Waals surface area contributed by atoms with Gasteiger partial charge in [0.25, 0.3) is 5.91 Å². The Labute approximate surface area is 151 Å². The van der Waals surface area contributed by atoms with Gasteiger partial charge in [-0.2, -0.15) is 10.2 Å². The van der Waals surface area contributed by atoms with Crippen LogP contribution in [0.4, 0.5) is 0 Å². The zero-order valence-electron chi connectivity index (χ0n) is 15.3. The third-order valence-electron chi connectivity index (χ3n) is 4.88. The summed E-state index contributed by atoms with van der Waals surface area (Å²) in [5, 5.41) is 17.3. The summed E-state index contributed by atoms with van der Waals surface area (Å²) in [7, 11) is 1.94. The van der Waals surface area contributed by atoms with Crippen LogP contribution in [0.25, 0.3) is 11.5 Å². The van der Waals surface area contributed by atoms with Gasteiger partial charge in [-0.1, -0.05) is 0 Å². The average Bonchev–Trinajstić information content (AvgIpc) is 3.39. The number of rotatable bonds is 4. The van der Waals surface area contributed by atoms with Gasteiger partial charge in [-0.3, -0.25) is 14.2 Å². The highest BCUT2D eigenvalue weighted by molar-refractivity contribution is 5.92. The second kappa shape index (κ2) is 6.40. The van der Waals surface area contributed by atoms with Crippen molar-refractivity contribution in [2.24, 2.45) is 7.05 Å². The van der Waals surface area contributed by atoms with Gasteiger partial charge in [0.2, 0.25) is 0 Å². The molecule has 4 heterocycles. The number of amides is 1. The Hall–Kier alpha value is -2.97. The van der Waals surface area contributed by atoms with Crippen LogP contribution < -0.4 is 0 Å². The lowest BCUT2D eigenvalue weighted by atomic mass is 10.0. The summed E-state index contributed by atoms with van der Waals surface area (Å²) in [4.78, 5) is 14.7. The molecule has 9 nitrogen and oxygen atoms in total. The summed E-state index contributed by atoms with van der Waals surface area (Å²) >= 11 is 0. The molecular weight excluding hydrogens is 332 g/mol. The predicted octanol–water partition coefficient (Wildman–Crippen LogP) is 1.11. The zero-order valence-corrected chi connectivity index (χ0v) is 15.3. The monoisotopic (exact) mass is 354 g/mol. The highest BCUT2D eigenvalue weighted by atomic mass is 16.2. The number of fused-ring (bicyclic) bond motifs is 1.